The van der Waals surface area contributed by atoms with Crippen molar-refractivity contribution in [1.29, 1.82) is 0 Å². The fourth-order valence-electron chi connectivity index (χ4n) is 2.62. The molecule has 4 heteroatoms. The average Bonchev–Trinajstić information content (AvgIpc) is 3.16. The van der Waals surface area contributed by atoms with E-state index in [1.807, 2.05) is 39.0 Å². The van der Waals surface area contributed by atoms with E-state index < -0.39 is 11.7 Å². The molecule has 0 bridgehead atoms. The van der Waals surface area contributed by atoms with Crippen LogP contribution in [0, 0.1) is 0 Å². The molecule has 20 heavy (non-hydrogen) atoms. The molecule has 0 heterocycles. The van der Waals surface area contributed by atoms with Gasteiger partial charge in [-0.1, -0.05) is 30.3 Å². The topological polar surface area (TPSA) is 64.3 Å². The number of nitrogens with one attached hydrogen (secondary N) is 1. The number of carbonyl (C=O) groups excluding carboxylic acids is 1. The first-order valence-electron chi connectivity index (χ1n) is 7.12. The van der Waals surface area contributed by atoms with E-state index in [0.717, 1.165) is 12.8 Å². The van der Waals surface area contributed by atoms with Gasteiger partial charge in [0.25, 0.3) is 0 Å². The summed E-state index contributed by atoms with van der Waals surface area (Å²) in [6.45, 7) is 5.98. The fraction of sp³-hybridized carbons (Fsp3) is 0.562. The molecule has 1 unspecified atom stereocenters. The first-order chi connectivity index (χ1) is 9.37. The summed E-state index contributed by atoms with van der Waals surface area (Å²) in [5, 5.41) is 2.94. The molecule has 110 valence electrons. The van der Waals surface area contributed by atoms with Crippen LogP contribution in [-0.2, 0) is 10.2 Å². The molecule has 1 aromatic carbocycles. The molecular weight excluding hydrogens is 252 g/mol. The number of nitrogens with two attached hydrogens (primary N) is 1. The van der Waals surface area contributed by atoms with Gasteiger partial charge in [-0.3, -0.25) is 0 Å². The summed E-state index contributed by atoms with van der Waals surface area (Å²) in [4.78, 5) is 11.9. The van der Waals surface area contributed by atoms with Crippen molar-refractivity contribution in [3.63, 3.8) is 0 Å². The van der Waals surface area contributed by atoms with Gasteiger partial charge in [-0.2, -0.15) is 0 Å². The third-order valence-corrected chi connectivity index (χ3v) is 3.73. The molecule has 1 aliphatic rings. The van der Waals surface area contributed by atoms with Crippen molar-refractivity contribution in [1.82, 2.24) is 5.32 Å². The maximum absolute atomic E-state index is 11.9. The van der Waals surface area contributed by atoms with E-state index >= 15 is 0 Å². The van der Waals surface area contributed by atoms with E-state index in [1.165, 1.54) is 5.56 Å². The van der Waals surface area contributed by atoms with Crippen molar-refractivity contribution in [3.8, 4) is 0 Å². The molecule has 4 nitrogen and oxygen atoms in total. The molecule has 3 N–H and O–H groups in total. The summed E-state index contributed by atoms with van der Waals surface area (Å²) in [6, 6.07) is 10.2. The van der Waals surface area contributed by atoms with Gasteiger partial charge in [-0.25, -0.2) is 4.79 Å². The summed E-state index contributed by atoms with van der Waals surface area (Å²) < 4.78 is 5.32. The molecule has 1 aromatic rings. The second-order valence-electron chi connectivity index (χ2n) is 6.46. The lowest BCUT2D eigenvalue weighted by molar-refractivity contribution is 0.0494. The van der Waals surface area contributed by atoms with Gasteiger partial charge in [-0.05, 0) is 39.2 Å². The van der Waals surface area contributed by atoms with E-state index in [2.05, 4.69) is 17.4 Å². The molecule has 0 spiro atoms. The van der Waals surface area contributed by atoms with Crippen LogP contribution in [-0.4, -0.2) is 24.3 Å². The quantitative estimate of drug-likeness (QED) is 0.888. The Bertz CT molecular complexity index is 461. The van der Waals surface area contributed by atoms with Gasteiger partial charge in [0.05, 0.1) is 6.04 Å². The van der Waals surface area contributed by atoms with Crippen molar-refractivity contribution in [2.45, 2.75) is 50.7 Å². The second kappa shape index (κ2) is 5.44. The number of amides is 1. The zero-order chi connectivity index (χ0) is 14.8. The van der Waals surface area contributed by atoms with Gasteiger partial charge in [0.15, 0.2) is 0 Å². The largest absolute Gasteiger partial charge is 0.444 e. The minimum atomic E-state index is -0.493. The summed E-state index contributed by atoms with van der Waals surface area (Å²) >= 11 is 0. The van der Waals surface area contributed by atoms with Crippen LogP contribution >= 0.6 is 0 Å². The Kier molecular flexibility index (Phi) is 4.04. The predicted octanol–water partition coefficient (Wildman–Crippen LogP) is 2.57. The highest BCUT2D eigenvalue weighted by molar-refractivity contribution is 5.68. The lowest BCUT2D eigenvalue weighted by Gasteiger charge is -2.29. The van der Waals surface area contributed by atoms with Crippen LogP contribution in [0.3, 0.4) is 0 Å². The number of ether oxygens (including phenoxy) is 1. The summed E-state index contributed by atoms with van der Waals surface area (Å²) in [5.74, 6) is 0. The highest BCUT2D eigenvalue weighted by Crippen LogP contribution is 2.50. The Balaban J connectivity index is 2.08. The lowest BCUT2D eigenvalue weighted by atomic mass is 9.88. The molecule has 0 radical (unpaired) electrons. The highest BCUT2D eigenvalue weighted by atomic mass is 16.6. The van der Waals surface area contributed by atoms with E-state index in [4.69, 9.17) is 10.5 Å². The van der Waals surface area contributed by atoms with Crippen LogP contribution in [0.4, 0.5) is 4.79 Å². The van der Waals surface area contributed by atoms with Crippen LogP contribution < -0.4 is 11.1 Å². The number of carbonyl (C=O) groups is 1. The molecule has 1 fully saturated rings. The van der Waals surface area contributed by atoms with Crippen LogP contribution in [0.5, 0.6) is 0 Å². The smallest absolute Gasteiger partial charge is 0.407 e. The zero-order valence-corrected chi connectivity index (χ0v) is 12.5. The van der Waals surface area contributed by atoms with Gasteiger partial charge in [0, 0.05) is 12.0 Å². The Morgan fingerprint density at radius 3 is 2.40 bits per heavy atom. The Labute approximate surface area is 120 Å². The molecule has 2 rings (SSSR count). The van der Waals surface area contributed by atoms with Crippen LogP contribution in [0.25, 0.3) is 0 Å². The van der Waals surface area contributed by atoms with Crippen molar-refractivity contribution < 1.29 is 9.53 Å². The molecule has 1 atom stereocenters. The Morgan fingerprint density at radius 1 is 1.35 bits per heavy atom. The van der Waals surface area contributed by atoms with Gasteiger partial charge in [0.2, 0.25) is 0 Å². The van der Waals surface area contributed by atoms with E-state index in [-0.39, 0.29) is 11.5 Å². The van der Waals surface area contributed by atoms with Crippen molar-refractivity contribution in [3.05, 3.63) is 35.9 Å². The van der Waals surface area contributed by atoms with Gasteiger partial charge < -0.3 is 15.8 Å². The highest BCUT2D eigenvalue weighted by Gasteiger charge is 2.50. The summed E-state index contributed by atoms with van der Waals surface area (Å²) in [5.41, 5.74) is 6.61. The minimum absolute atomic E-state index is 0.0209. The maximum Gasteiger partial charge on any atom is 0.407 e. The first-order valence-corrected chi connectivity index (χ1v) is 7.12. The second-order valence-corrected chi connectivity index (χ2v) is 6.46. The van der Waals surface area contributed by atoms with Crippen molar-refractivity contribution in [2.24, 2.45) is 5.73 Å². The molecule has 1 aliphatic carbocycles. The zero-order valence-electron chi connectivity index (χ0n) is 12.5. The molecule has 0 saturated heterocycles. The van der Waals surface area contributed by atoms with E-state index in [0.29, 0.717) is 6.54 Å². The minimum Gasteiger partial charge on any atom is -0.444 e. The average molecular weight is 276 g/mol. The number of benzene rings is 1. The summed E-state index contributed by atoms with van der Waals surface area (Å²) in [6.07, 6.45) is 1.71. The molecule has 1 amide bonds. The number of hydrogen-bond donors (Lipinski definition) is 2. The van der Waals surface area contributed by atoms with Crippen LogP contribution in [0.15, 0.2) is 30.3 Å². The number of hydrogen-bond acceptors (Lipinski definition) is 3. The fourth-order valence-corrected chi connectivity index (χ4v) is 2.62. The van der Waals surface area contributed by atoms with Gasteiger partial charge in [-0.15, -0.1) is 0 Å². The molecular formula is C16H24N2O2. The first kappa shape index (κ1) is 14.9. The third kappa shape index (κ3) is 3.31. The predicted molar refractivity (Wildman–Crippen MR) is 79.6 cm³/mol. The molecule has 1 saturated carbocycles. The molecule has 0 aliphatic heterocycles. The Hall–Kier alpha value is -1.55. The number of alkyl carbamates (subject to hydrolysis) is 1. The lowest BCUT2D eigenvalue weighted by Crippen LogP contribution is -2.49. The van der Waals surface area contributed by atoms with E-state index in [1.54, 1.807) is 0 Å². The maximum atomic E-state index is 11.9. The third-order valence-electron chi connectivity index (χ3n) is 3.73. The van der Waals surface area contributed by atoms with Gasteiger partial charge >= 0.3 is 6.09 Å². The van der Waals surface area contributed by atoms with Gasteiger partial charge in [0.1, 0.15) is 5.60 Å². The van der Waals surface area contributed by atoms with Crippen molar-refractivity contribution >= 4 is 6.09 Å². The van der Waals surface area contributed by atoms with Crippen LogP contribution in [0.2, 0.25) is 0 Å². The normalized spacial score (nSPS) is 18.2. The monoisotopic (exact) mass is 276 g/mol. The van der Waals surface area contributed by atoms with Crippen LogP contribution in [0.1, 0.15) is 39.2 Å². The molecule has 0 aromatic heterocycles. The van der Waals surface area contributed by atoms with E-state index in [9.17, 15) is 4.79 Å². The standard InChI is InChI=1S/C16H24N2O2/c1-15(2,3)20-14(19)18-13(11-17)16(9-10-16)12-7-5-4-6-8-12/h4-8,13H,9-11,17H2,1-3H3,(H,18,19). The SMILES string of the molecule is CC(C)(C)OC(=O)NC(CN)C1(c2ccccc2)CC1. The number of rotatable bonds is 4. The van der Waals surface area contributed by atoms with Crippen molar-refractivity contribution in [2.75, 3.05) is 6.54 Å². The summed E-state index contributed by atoms with van der Waals surface area (Å²) in [7, 11) is 0. The Morgan fingerprint density at radius 2 is 1.95 bits per heavy atom.